The summed E-state index contributed by atoms with van der Waals surface area (Å²) in [6.07, 6.45) is 2.04. The fraction of sp³-hybridized carbons (Fsp3) is 0.467. The van der Waals surface area contributed by atoms with Gasteiger partial charge in [-0.1, -0.05) is 5.16 Å². The molecule has 1 aromatic rings. The number of hydrogen-bond donors (Lipinski definition) is 2. The third-order valence-corrected chi connectivity index (χ3v) is 6.76. The second-order valence-corrected chi connectivity index (χ2v) is 8.54. The Balaban J connectivity index is 1.73. The molecule has 3 rings (SSSR count). The van der Waals surface area contributed by atoms with E-state index in [9.17, 15) is 9.59 Å². The van der Waals surface area contributed by atoms with Crippen LogP contribution in [0.4, 0.5) is 5.13 Å². The number of anilines is 1. The molecule has 0 saturated carbocycles. The van der Waals surface area contributed by atoms with Gasteiger partial charge >= 0.3 is 0 Å². The topological polar surface area (TPSA) is 110 Å². The summed E-state index contributed by atoms with van der Waals surface area (Å²) in [6, 6.07) is -0.587. The molecule has 0 spiro atoms. The van der Waals surface area contributed by atoms with Crippen molar-refractivity contribution < 1.29 is 14.4 Å². The van der Waals surface area contributed by atoms with Gasteiger partial charge in [0.1, 0.15) is 24.2 Å². The van der Waals surface area contributed by atoms with Gasteiger partial charge < -0.3 is 15.9 Å². The lowest BCUT2D eigenvalue weighted by Crippen LogP contribution is -2.70. The summed E-state index contributed by atoms with van der Waals surface area (Å²) in [5.74, 6) is 1.14. The minimum absolute atomic E-state index is 0.00263. The zero-order chi connectivity index (χ0) is 18.8. The van der Waals surface area contributed by atoms with Crippen LogP contribution in [-0.2, 0) is 14.4 Å². The number of oxime groups is 1. The molecule has 26 heavy (non-hydrogen) atoms. The Labute approximate surface area is 163 Å². The van der Waals surface area contributed by atoms with Crippen LogP contribution in [0, 0.1) is 0 Å². The summed E-state index contributed by atoms with van der Waals surface area (Å²) in [5.41, 5.74) is 8.21. The van der Waals surface area contributed by atoms with Gasteiger partial charge in [-0.3, -0.25) is 14.5 Å². The van der Waals surface area contributed by atoms with Crippen molar-refractivity contribution in [2.75, 3.05) is 30.6 Å². The predicted octanol–water partition coefficient (Wildman–Crippen LogP) is 1.11. The summed E-state index contributed by atoms with van der Waals surface area (Å²) in [7, 11) is 1.34. The standard InChI is InChI=1S/C15H19N5O3S3/c1-7-8(4-24-3)5-25-14-11(13(22)20(7)14)18-12(21)10(19-23-2)9-6-26-15(16)17-9/h6,11,14H,4-5H2,1-3H3,(H2,16,17)(H,18,21)/b19-10+. The third kappa shape index (κ3) is 3.42. The van der Waals surface area contributed by atoms with Crippen LogP contribution in [0.15, 0.2) is 21.8 Å². The van der Waals surface area contributed by atoms with Gasteiger partial charge in [0, 0.05) is 22.6 Å². The van der Waals surface area contributed by atoms with Gasteiger partial charge in [-0.05, 0) is 18.8 Å². The number of β-lactam (4-membered cyclic amide) rings is 1. The number of thiazole rings is 1. The zero-order valence-electron chi connectivity index (χ0n) is 14.5. The number of carbonyl (C=O) groups is 2. The number of thioether (sulfide) groups is 2. The number of nitrogens with one attached hydrogen (secondary N) is 1. The van der Waals surface area contributed by atoms with Crippen molar-refractivity contribution in [2.45, 2.75) is 18.3 Å². The second kappa shape index (κ2) is 7.89. The SMILES string of the molecule is CO/N=C(/C(=O)NC1C(=O)N2C(C)=C(CSC)CSC12)c1csc(N)n1. The minimum Gasteiger partial charge on any atom is -0.398 e. The summed E-state index contributed by atoms with van der Waals surface area (Å²) >= 11 is 4.60. The molecule has 0 radical (unpaired) electrons. The molecule has 140 valence electrons. The molecule has 3 heterocycles. The molecule has 2 atom stereocenters. The Morgan fingerprint density at radius 3 is 3.00 bits per heavy atom. The van der Waals surface area contributed by atoms with Gasteiger partial charge in [0.15, 0.2) is 10.8 Å². The van der Waals surface area contributed by atoms with Gasteiger partial charge in [0.05, 0.1) is 0 Å². The van der Waals surface area contributed by atoms with E-state index in [1.165, 1.54) is 24.0 Å². The van der Waals surface area contributed by atoms with E-state index in [0.717, 1.165) is 17.2 Å². The molecular formula is C15H19N5O3S3. The number of fused-ring (bicyclic) bond motifs is 1. The first-order valence-corrected chi connectivity index (χ1v) is 11.1. The number of carbonyl (C=O) groups excluding carboxylic acids is 2. The smallest absolute Gasteiger partial charge is 0.276 e. The van der Waals surface area contributed by atoms with E-state index in [2.05, 4.69) is 15.5 Å². The zero-order valence-corrected chi connectivity index (χ0v) is 17.0. The van der Waals surface area contributed by atoms with Gasteiger partial charge in [-0.2, -0.15) is 11.8 Å². The highest BCUT2D eigenvalue weighted by Gasteiger charge is 2.51. The van der Waals surface area contributed by atoms with Crippen LogP contribution in [0.2, 0.25) is 0 Å². The molecule has 2 aliphatic heterocycles. The molecule has 11 heteroatoms. The molecule has 1 saturated heterocycles. The maximum absolute atomic E-state index is 12.6. The van der Waals surface area contributed by atoms with Crippen molar-refractivity contribution in [3.8, 4) is 0 Å². The Kier molecular flexibility index (Phi) is 5.78. The van der Waals surface area contributed by atoms with E-state index >= 15 is 0 Å². The average molecular weight is 414 g/mol. The molecule has 2 unspecified atom stereocenters. The summed E-state index contributed by atoms with van der Waals surface area (Å²) in [4.78, 5) is 35.8. The Morgan fingerprint density at radius 1 is 1.62 bits per heavy atom. The Bertz CT molecular complexity index is 791. The quantitative estimate of drug-likeness (QED) is 0.408. The summed E-state index contributed by atoms with van der Waals surface area (Å²) in [5, 5.41) is 8.36. The lowest BCUT2D eigenvalue weighted by atomic mass is 10.0. The van der Waals surface area contributed by atoms with E-state index in [1.54, 1.807) is 33.8 Å². The molecule has 2 aliphatic rings. The van der Waals surface area contributed by atoms with Crippen LogP contribution in [0.25, 0.3) is 0 Å². The van der Waals surface area contributed by atoms with Crippen molar-refractivity contribution in [3.05, 3.63) is 22.3 Å². The highest BCUT2D eigenvalue weighted by Crippen LogP contribution is 2.40. The maximum atomic E-state index is 12.6. The van der Waals surface area contributed by atoms with Crippen LogP contribution >= 0.6 is 34.9 Å². The van der Waals surface area contributed by atoms with Crippen molar-refractivity contribution in [1.29, 1.82) is 0 Å². The molecule has 8 nitrogen and oxygen atoms in total. The highest BCUT2D eigenvalue weighted by molar-refractivity contribution is 8.00. The van der Waals surface area contributed by atoms with Gasteiger partial charge in [-0.15, -0.1) is 23.1 Å². The minimum atomic E-state index is -0.587. The van der Waals surface area contributed by atoms with Gasteiger partial charge in [0.2, 0.25) is 0 Å². The average Bonchev–Trinajstić information content (AvgIpc) is 3.04. The van der Waals surface area contributed by atoms with Crippen molar-refractivity contribution in [1.82, 2.24) is 15.2 Å². The second-order valence-electron chi connectivity index (χ2n) is 5.68. The first-order chi connectivity index (χ1) is 12.5. The van der Waals surface area contributed by atoms with E-state index in [0.29, 0.717) is 10.8 Å². The maximum Gasteiger partial charge on any atom is 0.276 e. The van der Waals surface area contributed by atoms with Crippen LogP contribution < -0.4 is 11.1 Å². The Morgan fingerprint density at radius 2 is 2.38 bits per heavy atom. The van der Waals surface area contributed by atoms with E-state index in [-0.39, 0.29) is 17.0 Å². The summed E-state index contributed by atoms with van der Waals surface area (Å²) in [6.45, 7) is 1.96. The van der Waals surface area contributed by atoms with E-state index < -0.39 is 11.9 Å². The molecule has 1 fully saturated rings. The summed E-state index contributed by atoms with van der Waals surface area (Å²) < 4.78 is 0. The first kappa shape index (κ1) is 19.1. The highest BCUT2D eigenvalue weighted by atomic mass is 32.2. The van der Waals surface area contributed by atoms with Gasteiger partial charge in [0.25, 0.3) is 11.8 Å². The number of hydrogen-bond acceptors (Lipinski definition) is 9. The van der Waals surface area contributed by atoms with Gasteiger partial charge in [-0.25, -0.2) is 4.98 Å². The monoisotopic (exact) mass is 413 g/mol. The normalized spacial score (nSPS) is 22.8. The van der Waals surface area contributed by atoms with Crippen molar-refractivity contribution in [3.63, 3.8) is 0 Å². The van der Waals surface area contributed by atoms with E-state index in [1.807, 2.05) is 13.2 Å². The number of allylic oxidation sites excluding steroid dienone is 1. The number of nitrogens with zero attached hydrogens (tertiary/aromatic N) is 3. The molecule has 0 aromatic carbocycles. The van der Waals surface area contributed by atoms with Crippen LogP contribution in [0.5, 0.6) is 0 Å². The molecule has 0 bridgehead atoms. The fourth-order valence-corrected chi connectivity index (χ4v) is 5.61. The lowest BCUT2D eigenvalue weighted by molar-refractivity contribution is -0.144. The largest absolute Gasteiger partial charge is 0.398 e. The molecule has 2 amide bonds. The number of nitrogens with two attached hydrogens (primary N) is 1. The number of amides is 2. The predicted molar refractivity (Wildman–Crippen MR) is 106 cm³/mol. The molecular weight excluding hydrogens is 394 g/mol. The number of aromatic nitrogens is 1. The van der Waals surface area contributed by atoms with Crippen molar-refractivity contribution >= 4 is 57.5 Å². The van der Waals surface area contributed by atoms with E-state index in [4.69, 9.17) is 10.6 Å². The number of rotatable bonds is 6. The van der Waals surface area contributed by atoms with Crippen LogP contribution in [-0.4, -0.2) is 63.7 Å². The fourth-order valence-electron chi connectivity index (χ4n) is 2.81. The van der Waals surface area contributed by atoms with Crippen molar-refractivity contribution in [2.24, 2.45) is 5.16 Å². The third-order valence-electron chi connectivity index (χ3n) is 4.11. The van der Waals surface area contributed by atoms with Crippen LogP contribution in [0.1, 0.15) is 12.6 Å². The molecule has 0 aliphatic carbocycles. The molecule has 3 N–H and O–H groups in total. The number of nitrogen functional groups attached to an aromatic ring is 1. The first-order valence-electron chi connectivity index (χ1n) is 7.73. The Hall–Kier alpha value is -1.72. The van der Waals surface area contributed by atoms with Crippen LogP contribution in [0.3, 0.4) is 0 Å². The lowest BCUT2D eigenvalue weighted by Gasteiger charge is -2.50. The molecule has 1 aromatic heterocycles.